The molecule has 0 aromatic heterocycles. The molecule has 0 heterocycles. The zero-order valence-electron chi connectivity index (χ0n) is 11.9. The van der Waals surface area contributed by atoms with E-state index in [-0.39, 0.29) is 0 Å². The molecule has 0 bridgehead atoms. The minimum atomic E-state index is -1.06. The molecule has 3 heteroatoms. The Balaban J connectivity index is 2.16. The number of hydrogen-bond acceptors (Lipinski definition) is 2. The molecule has 1 aromatic rings. The van der Waals surface area contributed by atoms with Gasteiger partial charge in [-0.3, -0.25) is 4.99 Å². The second kappa shape index (κ2) is 5.62. The third-order valence-corrected chi connectivity index (χ3v) is 7.52. The van der Waals surface area contributed by atoms with Crippen molar-refractivity contribution in [2.75, 3.05) is 0 Å². The lowest BCUT2D eigenvalue weighted by Gasteiger charge is -2.21. The van der Waals surface area contributed by atoms with Crippen LogP contribution in [0, 0.1) is 6.92 Å². The van der Waals surface area contributed by atoms with Gasteiger partial charge < -0.3 is 0 Å². The highest BCUT2D eigenvalue weighted by molar-refractivity contribution is 8.29. The van der Waals surface area contributed by atoms with Gasteiger partial charge in [-0.1, -0.05) is 31.8 Å². The summed E-state index contributed by atoms with van der Waals surface area (Å²) in [5.41, 5.74) is 3.85. The SMILES string of the molecule is Cc1cccc(N=C2CCCC2S[Si](C)(C)C)c1. The molecule has 1 aliphatic carbocycles. The average Bonchev–Trinajstić information content (AvgIpc) is 2.63. The van der Waals surface area contributed by atoms with Gasteiger partial charge in [0.15, 0.2) is 0 Å². The lowest BCUT2D eigenvalue weighted by molar-refractivity contribution is 0.895. The first kappa shape index (κ1) is 13.9. The van der Waals surface area contributed by atoms with Gasteiger partial charge in [0, 0.05) is 11.0 Å². The minimum absolute atomic E-state index is 0.678. The Bertz CT molecular complexity index is 448. The van der Waals surface area contributed by atoms with Crippen molar-refractivity contribution in [3.8, 4) is 0 Å². The van der Waals surface area contributed by atoms with E-state index in [2.05, 4.69) is 62.0 Å². The smallest absolute Gasteiger partial charge is 0.109 e. The summed E-state index contributed by atoms with van der Waals surface area (Å²) in [5, 5.41) is 0.678. The molecular formula is C15H23NSSi. The number of aliphatic imine (C=N–C) groups is 1. The lowest BCUT2D eigenvalue weighted by atomic mass is 10.2. The molecule has 1 nitrogen and oxygen atoms in total. The highest BCUT2D eigenvalue weighted by atomic mass is 32.4. The van der Waals surface area contributed by atoms with Crippen LogP contribution in [0.25, 0.3) is 0 Å². The molecule has 1 aliphatic rings. The summed E-state index contributed by atoms with van der Waals surface area (Å²) >= 11 is 2.20. The minimum Gasteiger partial charge on any atom is -0.257 e. The van der Waals surface area contributed by atoms with Gasteiger partial charge in [0.1, 0.15) is 7.22 Å². The third kappa shape index (κ3) is 3.99. The number of benzene rings is 1. The van der Waals surface area contributed by atoms with E-state index in [0.717, 1.165) is 5.69 Å². The molecule has 18 heavy (non-hydrogen) atoms. The molecular weight excluding hydrogens is 254 g/mol. The van der Waals surface area contributed by atoms with Crippen LogP contribution in [0.15, 0.2) is 29.3 Å². The number of nitrogens with zero attached hydrogens (tertiary/aromatic N) is 1. The summed E-state index contributed by atoms with van der Waals surface area (Å²) in [4.78, 5) is 4.90. The Morgan fingerprint density at radius 3 is 2.72 bits per heavy atom. The summed E-state index contributed by atoms with van der Waals surface area (Å²) in [6, 6.07) is 8.53. The van der Waals surface area contributed by atoms with Crippen molar-refractivity contribution >= 4 is 29.8 Å². The molecule has 2 rings (SSSR count). The van der Waals surface area contributed by atoms with Crippen LogP contribution in [-0.4, -0.2) is 18.2 Å². The zero-order chi connectivity index (χ0) is 13.2. The van der Waals surface area contributed by atoms with E-state index in [0.29, 0.717) is 5.25 Å². The Morgan fingerprint density at radius 2 is 2.06 bits per heavy atom. The van der Waals surface area contributed by atoms with E-state index in [9.17, 15) is 0 Å². The van der Waals surface area contributed by atoms with Crippen LogP contribution in [0.3, 0.4) is 0 Å². The Morgan fingerprint density at radius 1 is 1.28 bits per heavy atom. The first-order valence-corrected chi connectivity index (χ1v) is 11.9. The van der Waals surface area contributed by atoms with Crippen molar-refractivity contribution in [3.05, 3.63) is 29.8 Å². The Labute approximate surface area is 116 Å². The normalized spacial score (nSPS) is 22.7. The van der Waals surface area contributed by atoms with E-state index in [4.69, 9.17) is 4.99 Å². The summed E-state index contributed by atoms with van der Waals surface area (Å²) in [6.07, 6.45) is 3.82. The molecule has 1 unspecified atom stereocenters. The second-order valence-corrected chi connectivity index (χ2v) is 15.5. The number of hydrogen-bond donors (Lipinski definition) is 0. The lowest BCUT2D eigenvalue weighted by Crippen LogP contribution is -2.22. The molecule has 0 N–H and O–H groups in total. The fourth-order valence-electron chi connectivity index (χ4n) is 2.34. The van der Waals surface area contributed by atoms with Crippen LogP contribution >= 0.6 is 11.2 Å². The maximum Gasteiger partial charge on any atom is 0.109 e. The molecule has 0 amide bonds. The van der Waals surface area contributed by atoms with Gasteiger partial charge in [-0.15, -0.1) is 0 Å². The average molecular weight is 278 g/mol. The molecule has 1 aromatic carbocycles. The maximum atomic E-state index is 4.90. The van der Waals surface area contributed by atoms with Gasteiger partial charge in [-0.25, -0.2) is 0 Å². The summed E-state index contributed by atoms with van der Waals surface area (Å²) < 4.78 is 0. The van der Waals surface area contributed by atoms with E-state index in [1.165, 1.54) is 30.5 Å². The second-order valence-electron chi connectivity index (χ2n) is 6.05. The maximum absolute atomic E-state index is 4.90. The van der Waals surface area contributed by atoms with Gasteiger partial charge >= 0.3 is 0 Å². The van der Waals surface area contributed by atoms with Crippen molar-refractivity contribution in [2.45, 2.75) is 51.1 Å². The van der Waals surface area contributed by atoms with Crippen LogP contribution in [0.1, 0.15) is 24.8 Å². The molecule has 1 saturated carbocycles. The van der Waals surface area contributed by atoms with Gasteiger partial charge in [-0.05, 0) is 43.9 Å². The highest BCUT2D eigenvalue weighted by Crippen LogP contribution is 2.35. The fraction of sp³-hybridized carbons (Fsp3) is 0.533. The van der Waals surface area contributed by atoms with Crippen molar-refractivity contribution < 1.29 is 0 Å². The summed E-state index contributed by atoms with van der Waals surface area (Å²) in [5.74, 6) is 0. The van der Waals surface area contributed by atoms with Crippen LogP contribution in [0.5, 0.6) is 0 Å². The van der Waals surface area contributed by atoms with Gasteiger partial charge in [-0.2, -0.15) is 11.2 Å². The van der Waals surface area contributed by atoms with E-state index in [1.54, 1.807) is 0 Å². The van der Waals surface area contributed by atoms with Crippen molar-refractivity contribution in [3.63, 3.8) is 0 Å². The van der Waals surface area contributed by atoms with Gasteiger partial charge in [0.05, 0.1) is 5.69 Å². The first-order valence-electron chi connectivity index (χ1n) is 6.76. The Hall–Kier alpha value is -0.543. The van der Waals surface area contributed by atoms with Crippen LogP contribution in [0.2, 0.25) is 19.6 Å². The van der Waals surface area contributed by atoms with E-state index >= 15 is 0 Å². The predicted octanol–water partition coefficient (Wildman–Crippen LogP) is 5.19. The molecule has 0 spiro atoms. The van der Waals surface area contributed by atoms with Crippen molar-refractivity contribution in [1.82, 2.24) is 0 Å². The third-order valence-electron chi connectivity index (χ3n) is 3.04. The summed E-state index contributed by atoms with van der Waals surface area (Å²) in [7, 11) is -1.06. The topological polar surface area (TPSA) is 12.4 Å². The zero-order valence-corrected chi connectivity index (χ0v) is 13.7. The largest absolute Gasteiger partial charge is 0.257 e. The summed E-state index contributed by atoms with van der Waals surface area (Å²) in [6.45, 7) is 9.42. The Kier molecular flexibility index (Phi) is 4.33. The monoisotopic (exact) mass is 277 g/mol. The standard InChI is InChI=1S/C15H23NSSi/c1-12-7-5-8-13(11-12)16-14-9-6-10-15(14)17-18(2,3)4/h5,7-8,11,15H,6,9-10H2,1-4H3. The highest BCUT2D eigenvalue weighted by Gasteiger charge is 2.28. The quantitative estimate of drug-likeness (QED) is 0.693. The molecule has 1 fully saturated rings. The van der Waals surface area contributed by atoms with Crippen molar-refractivity contribution in [1.29, 1.82) is 0 Å². The predicted molar refractivity (Wildman–Crippen MR) is 86.9 cm³/mol. The molecule has 98 valence electrons. The van der Waals surface area contributed by atoms with E-state index in [1.807, 2.05) is 0 Å². The van der Waals surface area contributed by atoms with E-state index < -0.39 is 7.22 Å². The molecule has 1 atom stereocenters. The fourth-order valence-corrected chi connectivity index (χ4v) is 7.11. The number of rotatable bonds is 3. The molecule has 0 radical (unpaired) electrons. The van der Waals surface area contributed by atoms with Crippen LogP contribution in [0.4, 0.5) is 5.69 Å². The molecule has 0 saturated heterocycles. The van der Waals surface area contributed by atoms with Crippen LogP contribution < -0.4 is 0 Å². The van der Waals surface area contributed by atoms with Gasteiger partial charge in [0.2, 0.25) is 0 Å². The van der Waals surface area contributed by atoms with Crippen molar-refractivity contribution in [2.24, 2.45) is 4.99 Å². The van der Waals surface area contributed by atoms with Gasteiger partial charge in [0.25, 0.3) is 0 Å². The van der Waals surface area contributed by atoms with Crippen LogP contribution in [-0.2, 0) is 0 Å². The molecule has 0 aliphatic heterocycles. The number of aryl methyl sites for hydroxylation is 1. The first-order chi connectivity index (χ1) is 8.44.